The largest absolute Gasteiger partial charge is 0.573 e. The van der Waals surface area contributed by atoms with Gasteiger partial charge >= 0.3 is 6.36 Å². The lowest BCUT2D eigenvalue weighted by atomic mass is 10.2. The van der Waals surface area contributed by atoms with Crippen molar-refractivity contribution in [2.24, 2.45) is 0 Å². The first-order chi connectivity index (χ1) is 11.7. The summed E-state index contributed by atoms with van der Waals surface area (Å²) in [4.78, 5) is 26.4. The molecule has 1 aliphatic heterocycles. The summed E-state index contributed by atoms with van der Waals surface area (Å²) in [5.41, 5.74) is 0.396. The number of alkyl halides is 3. The van der Waals surface area contributed by atoms with E-state index in [2.05, 4.69) is 10.1 Å². The normalized spacial score (nSPS) is 17.1. The van der Waals surface area contributed by atoms with Crippen molar-refractivity contribution in [2.75, 3.05) is 31.5 Å². The number of carbonyl (C=O) groups excluding carboxylic acids is 2. The molecule has 0 spiro atoms. The highest BCUT2D eigenvalue weighted by Gasteiger charge is 2.31. The fourth-order valence-electron chi connectivity index (χ4n) is 2.72. The van der Waals surface area contributed by atoms with Crippen LogP contribution in [0.5, 0.6) is 5.75 Å². The smallest absolute Gasteiger partial charge is 0.406 e. The highest BCUT2D eigenvalue weighted by molar-refractivity contribution is 5.93. The Balaban J connectivity index is 1.88. The summed E-state index contributed by atoms with van der Waals surface area (Å²) in [6.45, 7) is 5.86. The number of anilines is 1. The maximum Gasteiger partial charge on any atom is 0.573 e. The number of halogens is 3. The average molecular weight is 360 g/mol. The van der Waals surface area contributed by atoms with E-state index in [1.807, 2.05) is 0 Å². The molecule has 2 N–H and O–H groups in total. The zero-order valence-electron chi connectivity index (χ0n) is 14.0. The summed E-state index contributed by atoms with van der Waals surface area (Å²) in [5.74, 6) is -0.544. The third-order valence-corrected chi connectivity index (χ3v) is 4.21. The molecule has 1 atom stereocenters. The number of quaternary nitrogens is 1. The SMILES string of the molecule is CC(=O)N1CC[NH+]([C@H](C)C(=O)Nc2ccc(OC(F)(F)F)cc2)CC1. The Labute approximate surface area is 143 Å². The van der Waals surface area contributed by atoms with E-state index >= 15 is 0 Å². The summed E-state index contributed by atoms with van der Waals surface area (Å²) < 4.78 is 40.2. The summed E-state index contributed by atoms with van der Waals surface area (Å²) in [6, 6.07) is 4.67. The molecule has 1 saturated heterocycles. The van der Waals surface area contributed by atoms with Gasteiger partial charge in [-0.1, -0.05) is 0 Å². The van der Waals surface area contributed by atoms with Crippen LogP contribution in [0.1, 0.15) is 13.8 Å². The Morgan fingerprint density at radius 3 is 2.24 bits per heavy atom. The second kappa shape index (κ2) is 7.73. The van der Waals surface area contributed by atoms with Crippen molar-refractivity contribution < 1.29 is 32.4 Å². The van der Waals surface area contributed by atoms with Crippen molar-refractivity contribution in [3.05, 3.63) is 24.3 Å². The van der Waals surface area contributed by atoms with Crippen LogP contribution < -0.4 is 15.0 Å². The highest BCUT2D eigenvalue weighted by atomic mass is 19.4. The first kappa shape index (κ1) is 19.0. The minimum Gasteiger partial charge on any atom is -0.406 e. The topological polar surface area (TPSA) is 63.1 Å². The summed E-state index contributed by atoms with van der Waals surface area (Å²) in [5, 5.41) is 2.69. The zero-order valence-corrected chi connectivity index (χ0v) is 14.0. The maximum atomic E-state index is 12.3. The molecule has 138 valence electrons. The van der Waals surface area contributed by atoms with Crippen LogP contribution in [0.2, 0.25) is 0 Å². The second-order valence-electron chi connectivity index (χ2n) is 5.95. The lowest BCUT2D eigenvalue weighted by Gasteiger charge is -2.34. The molecule has 6 nitrogen and oxygen atoms in total. The molecule has 1 fully saturated rings. The Morgan fingerprint density at radius 1 is 1.20 bits per heavy atom. The monoisotopic (exact) mass is 360 g/mol. The van der Waals surface area contributed by atoms with Gasteiger partial charge in [-0.3, -0.25) is 9.59 Å². The highest BCUT2D eigenvalue weighted by Crippen LogP contribution is 2.23. The number of piperazine rings is 1. The zero-order chi connectivity index (χ0) is 18.6. The summed E-state index contributed by atoms with van der Waals surface area (Å²) in [7, 11) is 0. The van der Waals surface area contributed by atoms with Gasteiger partial charge in [-0.2, -0.15) is 0 Å². The Morgan fingerprint density at radius 2 is 1.76 bits per heavy atom. The van der Waals surface area contributed by atoms with Crippen molar-refractivity contribution in [1.82, 2.24) is 4.90 Å². The Kier molecular flexibility index (Phi) is 5.89. The number of amides is 2. The van der Waals surface area contributed by atoms with Gasteiger partial charge in [0.05, 0.1) is 26.2 Å². The van der Waals surface area contributed by atoms with Crippen molar-refractivity contribution in [3.8, 4) is 5.75 Å². The van der Waals surface area contributed by atoms with E-state index in [9.17, 15) is 22.8 Å². The molecular weight excluding hydrogens is 339 g/mol. The minimum absolute atomic E-state index is 0.0253. The Bertz CT molecular complexity index is 611. The molecule has 2 amide bonds. The first-order valence-electron chi connectivity index (χ1n) is 7.92. The number of nitrogens with zero attached hydrogens (tertiary/aromatic N) is 1. The van der Waals surface area contributed by atoms with Gasteiger partial charge < -0.3 is 19.9 Å². The predicted octanol–water partition coefficient (Wildman–Crippen LogP) is 0.659. The molecule has 1 heterocycles. The van der Waals surface area contributed by atoms with Crippen LogP contribution in [0.3, 0.4) is 0 Å². The van der Waals surface area contributed by atoms with E-state index in [0.717, 1.165) is 17.0 Å². The van der Waals surface area contributed by atoms with Gasteiger partial charge in [0, 0.05) is 12.6 Å². The predicted molar refractivity (Wildman–Crippen MR) is 84.2 cm³/mol. The summed E-state index contributed by atoms with van der Waals surface area (Å²) >= 11 is 0. The van der Waals surface area contributed by atoms with E-state index in [1.54, 1.807) is 11.8 Å². The van der Waals surface area contributed by atoms with Crippen LogP contribution in [0, 0.1) is 0 Å². The third kappa shape index (κ3) is 5.63. The van der Waals surface area contributed by atoms with E-state index < -0.39 is 6.36 Å². The number of nitrogens with one attached hydrogen (secondary N) is 2. The molecule has 9 heteroatoms. The molecule has 1 aromatic carbocycles. The summed E-state index contributed by atoms with van der Waals surface area (Å²) in [6.07, 6.45) is -4.75. The van der Waals surface area contributed by atoms with E-state index in [-0.39, 0.29) is 23.6 Å². The number of hydrogen-bond donors (Lipinski definition) is 2. The molecule has 0 bridgehead atoms. The van der Waals surface area contributed by atoms with Gasteiger partial charge in [-0.25, -0.2) is 0 Å². The van der Waals surface area contributed by atoms with Gasteiger partial charge in [0.25, 0.3) is 5.91 Å². The number of ether oxygens (including phenoxy) is 1. The molecule has 0 aromatic heterocycles. The molecule has 1 aliphatic rings. The molecule has 0 unspecified atom stereocenters. The van der Waals surface area contributed by atoms with Crippen molar-refractivity contribution in [1.29, 1.82) is 0 Å². The molecule has 0 aliphatic carbocycles. The van der Waals surface area contributed by atoms with Crippen molar-refractivity contribution >= 4 is 17.5 Å². The van der Waals surface area contributed by atoms with Gasteiger partial charge in [-0.15, -0.1) is 13.2 Å². The van der Waals surface area contributed by atoms with E-state index in [4.69, 9.17) is 0 Å². The molecule has 0 radical (unpaired) electrons. The Hall–Kier alpha value is -2.29. The quantitative estimate of drug-likeness (QED) is 0.829. The number of hydrogen-bond acceptors (Lipinski definition) is 3. The average Bonchev–Trinajstić information content (AvgIpc) is 2.54. The van der Waals surface area contributed by atoms with E-state index in [1.165, 1.54) is 19.1 Å². The van der Waals surface area contributed by atoms with Gasteiger partial charge in [0.2, 0.25) is 5.91 Å². The molecule has 2 rings (SSSR count). The van der Waals surface area contributed by atoms with Crippen LogP contribution >= 0.6 is 0 Å². The van der Waals surface area contributed by atoms with Crippen molar-refractivity contribution in [2.45, 2.75) is 26.3 Å². The maximum absolute atomic E-state index is 12.3. The van der Waals surface area contributed by atoms with Crippen molar-refractivity contribution in [3.63, 3.8) is 0 Å². The van der Waals surface area contributed by atoms with Gasteiger partial charge in [0.15, 0.2) is 6.04 Å². The van der Waals surface area contributed by atoms with Gasteiger partial charge in [0.1, 0.15) is 5.75 Å². The van der Waals surface area contributed by atoms with Crippen LogP contribution in [0.4, 0.5) is 18.9 Å². The van der Waals surface area contributed by atoms with Crippen LogP contribution in [-0.4, -0.2) is 55.3 Å². The first-order valence-corrected chi connectivity index (χ1v) is 7.92. The van der Waals surface area contributed by atoms with Crippen LogP contribution in [0.15, 0.2) is 24.3 Å². The second-order valence-corrected chi connectivity index (χ2v) is 5.95. The lowest BCUT2D eigenvalue weighted by Crippen LogP contribution is -3.19. The van der Waals surface area contributed by atoms with Crippen LogP contribution in [0.25, 0.3) is 0 Å². The minimum atomic E-state index is -4.75. The van der Waals surface area contributed by atoms with Gasteiger partial charge in [-0.05, 0) is 31.2 Å². The molecule has 1 aromatic rings. The van der Waals surface area contributed by atoms with Crippen LogP contribution in [-0.2, 0) is 9.59 Å². The number of rotatable bonds is 4. The third-order valence-electron chi connectivity index (χ3n) is 4.21. The molecule has 25 heavy (non-hydrogen) atoms. The number of benzene rings is 1. The lowest BCUT2D eigenvalue weighted by molar-refractivity contribution is -0.917. The molecular formula is C16H21F3N3O3+. The fourth-order valence-corrected chi connectivity index (χ4v) is 2.72. The molecule has 0 saturated carbocycles. The van der Waals surface area contributed by atoms with E-state index in [0.29, 0.717) is 31.9 Å². The number of carbonyl (C=O) groups is 2. The fraction of sp³-hybridized carbons (Fsp3) is 0.500. The standard InChI is InChI=1S/C16H20F3N3O3/c1-11(21-7-9-22(10-8-21)12(2)23)15(24)20-13-3-5-14(6-4-13)25-16(17,18)19/h3-6,11H,7-10H2,1-2H3,(H,20,24)/p+1/t11-/m1/s1.